The average Bonchev–Trinajstić information content (AvgIpc) is 3.75. The Morgan fingerprint density at radius 3 is 1.63 bits per heavy atom. The SMILES string of the molecule is c1ccc(-c2cccc3sc4c(-c5cc6c(sc7cccc(N(c8ccccc8)c8ccccc8)c76)c6ccccc56)cccc4c23)cc1. The Kier molecular flexibility index (Phi) is 6.61. The molecule has 8 aromatic carbocycles. The first-order chi connectivity index (χ1) is 24.3. The standard InChI is InChI=1S/C46H29NS2/c1-4-15-30(16-5-1)33-23-13-27-41-43(33)37-25-12-24-36(45(37)48-41)38-29-39-44-40(47(31-17-6-2-7-18-31)32-19-8-3-9-20-32)26-14-28-42(44)49-46(39)35-22-11-10-21-34(35)38/h1-29H. The van der Waals surface area contributed by atoms with Gasteiger partial charge < -0.3 is 4.90 Å². The molecule has 0 saturated heterocycles. The summed E-state index contributed by atoms with van der Waals surface area (Å²) in [6, 6.07) is 64.1. The normalized spacial score (nSPS) is 11.7. The molecule has 3 heteroatoms. The first-order valence-electron chi connectivity index (χ1n) is 16.6. The van der Waals surface area contributed by atoms with E-state index in [0.717, 1.165) is 11.4 Å². The van der Waals surface area contributed by atoms with E-state index in [9.17, 15) is 0 Å². The largest absolute Gasteiger partial charge is 0.310 e. The van der Waals surface area contributed by atoms with E-state index in [1.165, 1.54) is 79.1 Å². The number of hydrogen-bond acceptors (Lipinski definition) is 3. The average molecular weight is 660 g/mol. The van der Waals surface area contributed by atoms with E-state index in [1.54, 1.807) is 0 Å². The van der Waals surface area contributed by atoms with Crippen LogP contribution in [-0.2, 0) is 0 Å². The summed E-state index contributed by atoms with van der Waals surface area (Å²) in [5.41, 5.74) is 8.59. The predicted molar refractivity (Wildman–Crippen MR) is 215 cm³/mol. The maximum absolute atomic E-state index is 2.48. The molecule has 49 heavy (non-hydrogen) atoms. The van der Waals surface area contributed by atoms with Crippen molar-refractivity contribution in [3.8, 4) is 22.3 Å². The molecule has 0 atom stereocenters. The lowest BCUT2D eigenvalue weighted by atomic mass is 9.93. The van der Waals surface area contributed by atoms with Crippen LogP contribution in [0.1, 0.15) is 0 Å². The summed E-state index contributed by atoms with van der Waals surface area (Å²) >= 11 is 3.81. The molecule has 2 heterocycles. The third-order valence-electron chi connectivity index (χ3n) is 9.65. The molecule has 230 valence electrons. The fourth-order valence-corrected chi connectivity index (χ4v) is 10.0. The third kappa shape index (κ3) is 4.51. The van der Waals surface area contributed by atoms with E-state index in [1.807, 2.05) is 22.7 Å². The number of rotatable bonds is 5. The molecular weight excluding hydrogens is 631 g/mol. The number of thiophene rings is 2. The van der Waals surface area contributed by atoms with Gasteiger partial charge in [-0.25, -0.2) is 0 Å². The van der Waals surface area contributed by atoms with Crippen molar-refractivity contribution in [3.63, 3.8) is 0 Å². The van der Waals surface area contributed by atoms with Gasteiger partial charge in [-0.15, -0.1) is 22.7 Å². The van der Waals surface area contributed by atoms with Crippen LogP contribution in [0.5, 0.6) is 0 Å². The van der Waals surface area contributed by atoms with E-state index in [4.69, 9.17) is 0 Å². The zero-order valence-corrected chi connectivity index (χ0v) is 28.1. The molecule has 0 spiro atoms. The summed E-state index contributed by atoms with van der Waals surface area (Å²) in [7, 11) is 0. The highest BCUT2D eigenvalue weighted by atomic mass is 32.1. The summed E-state index contributed by atoms with van der Waals surface area (Å²) in [6.07, 6.45) is 0. The molecule has 0 fully saturated rings. The summed E-state index contributed by atoms with van der Waals surface area (Å²) in [6.45, 7) is 0. The topological polar surface area (TPSA) is 3.24 Å². The van der Waals surface area contributed by atoms with Gasteiger partial charge in [0.05, 0.1) is 5.69 Å². The Labute approximate surface area is 292 Å². The predicted octanol–water partition coefficient (Wildman–Crippen LogP) is 14.4. The number of hydrogen-bond donors (Lipinski definition) is 0. The van der Waals surface area contributed by atoms with Crippen LogP contribution in [0.15, 0.2) is 176 Å². The zero-order chi connectivity index (χ0) is 32.3. The van der Waals surface area contributed by atoms with Crippen molar-refractivity contribution in [1.29, 1.82) is 0 Å². The van der Waals surface area contributed by atoms with E-state index < -0.39 is 0 Å². The minimum Gasteiger partial charge on any atom is -0.310 e. The van der Waals surface area contributed by atoms with Gasteiger partial charge in [0, 0.05) is 62.7 Å². The van der Waals surface area contributed by atoms with Crippen LogP contribution in [0, 0.1) is 0 Å². The van der Waals surface area contributed by atoms with Gasteiger partial charge in [0.25, 0.3) is 0 Å². The molecule has 0 aliphatic carbocycles. The maximum Gasteiger partial charge on any atom is 0.0554 e. The Balaban J connectivity index is 1.28. The molecule has 10 rings (SSSR count). The third-order valence-corrected chi connectivity index (χ3v) is 12.1. The van der Waals surface area contributed by atoms with Gasteiger partial charge in [-0.05, 0) is 70.6 Å². The van der Waals surface area contributed by atoms with Crippen molar-refractivity contribution in [2.75, 3.05) is 4.90 Å². The monoisotopic (exact) mass is 659 g/mol. The van der Waals surface area contributed by atoms with Gasteiger partial charge in [0.15, 0.2) is 0 Å². The van der Waals surface area contributed by atoms with Gasteiger partial charge >= 0.3 is 0 Å². The number of nitrogens with zero attached hydrogens (tertiary/aromatic N) is 1. The quantitative estimate of drug-likeness (QED) is 0.178. The Bertz CT molecular complexity index is 2770. The summed E-state index contributed by atoms with van der Waals surface area (Å²) in [4.78, 5) is 2.40. The highest BCUT2D eigenvalue weighted by molar-refractivity contribution is 7.27. The molecule has 0 radical (unpaired) electrons. The van der Waals surface area contributed by atoms with Gasteiger partial charge in [-0.1, -0.05) is 127 Å². The van der Waals surface area contributed by atoms with Crippen LogP contribution < -0.4 is 4.90 Å². The number of para-hydroxylation sites is 2. The minimum absolute atomic E-state index is 1.14. The van der Waals surface area contributed by atoms with Crippen molar-refractivity contribution < 1.29 is 0 Å². The molecule has 0 bridgehead atoms. The van der Waals surface area contributed by atoms with Crippen molar-refractivity contribution in [2.45, 2.75) is 0 Å². The minimum atomic E-state index is 1.14. The van der Waals surface area contributed by atoms with E-state index in [0.29, 0.717) is 0 Å². The number of anilines is 3. The first kappa shape index (κ1) is 28.3. The Morgan fingerprint density at radius 1 is 0.347 bits per heavy atom. The van der Waals surface area contributed by atoms with Gasteiger partial charge in [-0.2, -0.15) is 0 Å². The molecule has 0 unspecified atom stereocenters. The van der Waals surface area contributed by atoms with Crippen molar-refractivity contribution in [2.24, 2.45) is 0 Å². The lowest BCUT2D eigenvalue weighted by Crippen LogP contribution is -2.09. The zero-order valence-electron chi connectivity index (χ0n) is 26.5. The van der Waals surface area contributed by atoms with Crippen LogP contribution >= 0.6 is 22.7 Å². The molecule has 0 aliphatic rings. The van der Waals surface area contributed by atoms with Crippen molar-refractivity contribution in [3.05, 3.63) is 176 Å². The van der Waals surface area contributed by atoms with Gasteiger partial charge in [-0.3, -0.25) is 0 Å². The lowest BCUT2D eigenvalue weighted by molar-refractivity contribution is 1.30. The fraction of sp³-hybridized carbons (Fsp3) is 0. The molecule has 0 amide bonds. The van der Waals surface area contributed by atoms with Crippen molar-refractivity contribution in [1.82, 2.24) is 0 Å². The second-order valence-electron chi connectivity index (χ2n) is 12.4. The molecule has 10 aromatic rings. The number of benzene rings is 8. The maximum atomic E-state index is 2.48. The van der Waals surface area contributed by atoms with Gasteiger partial charge in [0.2, 0.25) is 0 Å². The van der Waals surface area contributed by atoms with E-state index >= 15 is 0 Å². The highest BCUT2D eigenvalue weighted by Crippen LogP contribution is 2.50. The molecular formula is C46H29NS2. The molecule has 2 aromatic heterocycles. The smallest absolute Gasteiger partial charge is 0.0554 e. The molecule has 0 saturated carbocycles. The van der Waals surface area contributed by atoms with E-state index in [-0.39, 0.29) is 0 Å². The molecule has 1 nitrogen and oxygen atoms in total. The Hall–Kier alpha value is -5.74. The van der Waals surface area contributed by atoms with Crippen molar-refractivity contribution >= 4 is 90.9 Å². The fourth-order valence-electron chi connectivity index (χ4n) is 7.54. The van der Waals surface area contributed by atoms with Crippen LogP contribution in [0.2, 0.25) is 0 Å². The highest BCUT2D eigenvalue weighted by Gasteiger charge is 2.22. The van der Waals surface area contributed by atoms with Crippen LogP contribution in [-0.4, -0.2) is 0 Å². The van der Waals surface area contributed by atoms with Crippen LogP contribution in [0.4, 0.5) is 17.1 Å². The second kappa shape index (κ2) is 11.5. The lowest BCUT2D eigenvalue weighted by Gasteiger charge is -2.26. The molecule has 0 N–H and O–H groups in total. The van der Waals surface area contributed by atoms with E-state index in [2.05, 4.69) is 181 Å². The second-order valence-corrected chi connectivity index (χ2v) is 14.5. The summed E-state index contributed by atoms with van der Waals surface area (Å²) < 4.78 is 5.27. The van der Waals surface area contributed by atoms with Crippen LogP contribution in [0.25, 0.3) is 73.4 Å². The first-order valence-corrected chi connectivity index (χ1v) is 18.2. The van der Waals surface area contributed by atoms with Gasteiger partial charge in [0.1, 0.15) is 0 Å². The molecule has 0 aliphatic heterocycles. The van der Waals surface area contributed by atoms with Crippen LogP contribution in [0.3, 0.4) is 0 Å². The number of fused-ring (bicyclic) bond motifs is 8. The Morgan fingerprint density at radius 2 is 0.898 bits per heavy atom. The summed E-state index contributed by atoms with van der Waals surface area (Å²) in [5, 5.41) is 7.83. The summed E-state index contributed by atoms with van der Waals surface area (Å²) in [5.74, 6) is 0.